The summed E-state index contributed by atoms with van der Waals surface area (Å²) in [5.74, 6) is -0.000656. The summed E-state index contributed by atoms with van der Waals surface area (Å²) in [6.07, 6.45) is 0.862. The largest absolute Gasteiger partial charge is 0.383 e. The van der Waals surface area contributed by atoms with Gasteiger partial charge in [0.25, 0.3) is 5.91 Å². The Bertz CT molecular complexity index is 711. The van der Waals surface area contributed by atoms with E-state index < -0.39 is 13.8 Å². The van der Waals surface area contributed by atoms with Gasteiger partial charge < -0.3 is 23.8 Å². The van der Waals surface area contributed by atoms with Gasteiger partial charge in [-0.1, -0.05) is 37.8 Å². The van der Waals surface area contributed by atoms with Crippen molar-refractivity contribution in [1.29, 1.82) is 0 Å². The van der Waals surface area contributed by atoms with Crippen LogP contribution in [0.4, 0.5) is 0 Å². The molecule has 1 aromatic rings. The molecule has 2 aliphatic heterocycles. The predicted octanol–water partition coefficient (Wildman–Crippen LogP) is 2.18. The van der Waals surface area contributed by atoms with Gasteiger partial charge in [-0.25, -0.2) is 0 Å². The molecule has 2 aliphatic rings. The number of methoxy groups -OCH3 is 1. The molecule has 7 nitrogen and oxygen atoms in total. The predicted molar refractivity (Wildman–Crippen MR) is 118 cm³/mol. The van der Waals surface area contributed by atoms with Gasteiger partial charge in [-0.2, -0.15) is 0 Å². The van der Waals surface area contributed by atoms with Crippen molar-refractivity contribution in [3.63, 3.8) is 0 Å². The lowest BCUT2D eigenvalue weighted by atomic mass is 10.0. The first kappa shape index (κ1) is 23.4. The van der Waals surface area contributed by atoms with Crippen molar-refractivity contribution in [1.82, 2.24) is 9.80 Å². The molecule has 0 bridgehead atoms. The number of fused-ring (bicyclic) bond motifs is 3. The maximum Gasteiger partial charge on any atom is 0.256 e. The number of rotatable bonds is 6. The molecule has 1 saturated heterocycles. The van der Waals surface area contributed by atoms with Crippen LogP contribution >= 0.6 is 0 Å². The van der Waals surface area contributed by atoms with Crippen LogP contribution in [-0.2, 0) is 24.7 Å². The van der Waals surface area contributed by atoms with Crippen LogP contribution in [0.5, 0.6) is 0 Å². The van der Waals surface area contributed by atoms with Crippen LogP contribution in [0.25, 0.3) is 0 Å². The van der Waals surface area contributed by atoms with E-state index in [1.807, 2.05) is 29.2 Å². The third-order valence-corrected chi connectivity index (χ3v) is 6.62. The second kappa shape index (κ2) is 10.3. The van der Waals surface area contributed by atoms with E-state index in [0.717, 1.165) is 31.4 Å². The van der Waals surface area contributed by atoms with Gasteiger partial charge in [0.1, 0.15) is 0 Å². The first-order valence-electron chi connectivity index (χ1n) is 10.8. The highest BCUT2D eigenvalue weighted by Gasteiger charge is 2.50. The summed E-state index contributed by atoms with van der Waals surface area (Å²) in [6, 6.07) is 7.67. The van der Waals surface area contributed by atoms with E-state index in [-0.39, 0.29) is 12.5 Å². The van der Waals surface area contributed by atoms with Gasteiger partial charge in [-0.3, -0.25) is 9.69 Å². The number of benzene rings is 1. The maximum absolute atomic E-state index is 13.2. The summed E-state index contributed by atoms with van der Waals surface area (Å²) in [6.45, 7) is 12.4. The molecule has 1 atom stereocenters. The Morgan fingerprint density at radius 1 is 1.07 bits per heavy atom. The van der Waals surface area contributed by atoms with Gasteiger partial charge in [0, 0.05) is 50.6 Å². The van der Waals surface area contributed by atoms with Crippen LogP contribution in [-0.4, -0.2) is 96.3 Å². The molecule has 0 radical (unpaired) electrons. The molecular weight excluding hydrogens is 400 g/mol. The monoisotopic (exact) mass is 436 g/mol. The van der Waals surface area contributed by atoms with Crippen molar-refractivity contribution in [3.05, 3.63) is 35.4 Å². The standard InChI is InChI=1S/C22H36N2O5Si/c1-26-22-17-28-16-15-27-13-11-23(12-14-29-18-30(2,3)4)9-10-24(22)21(25)19-7-5-6-8-20(19)22/h5-8H,9-18H2,1-4H3. The van der Waals surface area contributed by atoms with Gasteiger partial charge in [-0.15, -0.1) is 0 Å². The first-order chi connectivity index (χ1) is 14.4. The molecule has 0 aromatic heterocycles. The Kier molecular flexibility index (Phi) is 8.06. The van der Waals surface area contributed by atoms with Crippen molar-refractivity contribution in [2.24, 2.45) is 0 Å². The summed E-state index contributed by atoms with van der Waals surface area (Å²) in [7, 11) is 0.433. The van der Waals surface area contributed by atoms with Gasteiger partial charge in [-0.05, 0) is 6.07 Å². The SMILES string of the molecule is COC12COCCOCCN(CCOC[Si](C)(C)C)CCN1C(=O)c1ccccc12. The minimum atomic E-state index is -1.22. The molecular formula is C22H36N2O5Si. The van der Waals surface area contributed by atoms with Crippen molar-refractivity contribution < 1.29 is 23.7 Å². The van der Waals surface area contributed by atoms with Crippen molar-refractivity contribution in [2.75, 3.05) is 72.6 Å². The van der Waals surface area contributed by atoms with Crippen LogP contribution in [0.15, 0.2) is 24.3 Å². The van der Waals surface area contributed by atoms with E-state index in [2.05, 4.69) is 24.5 Å². The average Bonchev–Trinajstić information content (AvgIpc) is 2.94. The summed E-state index contributed by atoms with van der Waals surface area (Å²) in [5.41, 5.74) is 0.673. The number of ether oxygens (including phenoxy) is 4. The van der Waals surface area contributed by atoms with Crippen LogP contribution < -0.4 is 0 Å². The highest BCUT2D eigenvalue weighted by atomic mass is 28.3. The third-order valence-electron chi connectivity index (χ3n) is 5.55. The van der Waals surface area contributed by atoms with E-state index in [4.69, 9.17) is 18.9 Å². The highest BCUT2D eigenvalue weighted by molar-refractivity contribution is 6.76. The molecule has 1 amide bonds. The smallest absolute Gasteiger partial charge is 0.256 e. The van der Waals surface area contributed by atoms with Gasteiger partial charge >= 0.3 is 0 Å². The minimum Gasteiger partial charge on any atom is -0.383 e. The van der Waals surface area contributed by atoms with Crippen LogP contribution in [0.3, 0.4) is 0 Å². The molecule has 0 N–H and O–H groups in total. The number of carbonyl (C=O) groups is 1. The molecule has 8 heteroatoms. The molecule has 2 heterocycles. The van der Waals surface area contributed by atoms with E-state index >= 15 is 0 Å². The van der Waals surface area contributed by atoms with E-state index in [1.165, 1.54) is 0 Å². The lowest BCUT2D eigenvalue weighted by Gasteiger charge is -2.39. The number of nitrogens with zero attached hydrogens (tertiary/aromatic N) is 2. The van der Waals surface area contributed by atoms with Crippen LogP contribution in [0.1, 0.15) is 15.9 Å². The summed E-state index contributed by atoms with van der Waals surface area (Å²) in [5, 5.41) is 0. The number of hydrogen-bond acceptors (Lipinski definition) is 6. The molecule has 3 rings (SSSR count). The first-order valence-corrected chi connectivity index (χ1v) is 14.5. The van der Waals surface area contributed by atoms with E-state index in [9.17, 15) is 4.79 Å². The molecule has 30 heavy (non-hydrogen) atoms. The van der Waals surface area contributed by atoms with Crippen molar-refractivity contribution in [3.8, 4) is 0 Å². The molecule has 0 saturated carbocycles. The Hall–Kier alpha value is -1.29. The molecule has 1 fully saturated rings. The van der Waals surface area contributed by atoms with Gasteiger partial charge in [0.15, 0.2) is 5.72 Å². The zero-order chi connectivity index (χ0) is 21.6. The minimum absolute atomic E-state index is 0.000656. The van der Waals surface area contributed by atoms with Crippen LogP contribution in [0, 0.1) is 0 Å². The zero-order valence-corrected chi connectivity index (χ0v) is 19.8. The fourth-order valence-electron chi connectivity index (χ4n) is 3.95. The van der Waals surface area contributed by atoms with Crippen LogP contribution in [0.2, 0.25) is 19.6 Å². The Morgan fingerprint density at radius 3 is 2.60 bits per heavy atom. The van der Waals surface area contributed by atoms with E-state index in [1.54, 1.807) is 7.11 Å². The number of hydrogen-bond donors (Lipinski definition) is 0. The third kappa shape index (κ3) is 5.49. The topological polar surface area (TPSA) is 60.5 Å². The second-order valence-electron chi connectivity index (χ2n) is 9.11. The number of amides is 1. The Balaban J connectivity index is 1.72. The maximum atomic E-state index is 13.2. The molecule has 168 valence electrons. The van der Waals surface area contributed by atoms with Gasteiger partial charge in [0.2, 0.25) is 0 Å². The fourth-order valence-corrected chi connectivity index (χ4v) is 4.71. The number of carbonyl (C=O) groups excluding carboxylic acids is 1. The molecule has 0 spiro atoms. The van der Waals surface area contributed by atoms with E-state index in [0.29, 0.717) is 38.5 Å². The summed E-state index contributed by atoms with van der Waals surface area (Å²) >= 11 is 0. The molecule has 1 aromatic carbocycles. The lowest BCUT2D eigenvalue weighted by molar-refractivity contribution is -0.162. The molecule has 1 unspecified atom stereocenters. The summed E-state index contributed by atoms with van der Waals surface area (Å²) < 4.78 is 23.5. The summed E-state index contributed by atoms with van der Waals surface area (Å²) in [4.78, 5) is 17.4. The average molecular weight is 437 g/mol. The molecule has 0 aliphatic carbocycles. The van der Waals surface area contributed by atoms with Crippen molar-refractivity contribution >= 4 is 14.0 Å². The normalized spacial score (nSPS) is 24.1. The lowest BCUT2D eigenvalue weighted by Crippen LogP contribution is -2.52. The Labute approximate surface area is 181 Å². The Morgan fingerprint density at radius 2 is 1.83 bits per heavy atom. The second-order valence-corrected chi connectivity index (χ2v) is 14.5. The quantitative estimate of drug-likeness (QED) is 0.503. The van der Waals surface area contributed by atoms with Gasteiger partial charge in [0.05, 0.1) is 41.1 Å². The zero-order valence-electron chi connectivity index (χ0n) is 18.8. The highest BCUT2D eigenvalue weighted by Crippen LogP contribution is 2.40. The fraction of sp³-hybridized carbons (Fsp3) is 0.682. The van der Waals surface area contributed by atoms with Crippen molar-refractivity contribution in [2.45, 2.75) is 25.4 Å².